The second kappa shape index (κ2) is 4.75. The first-order chi connectivity index (χ1) is 4.70. The molecule has 0 amide bonds. The standard InChI is InChI=1S/C8H10BrN.ClH/c1-6(10)7-3-2-4-8(9)5-7;/h2-6H,10H2,1H3;1H. The average Bonchev–Trinajstić information content (AvgIpc) is 1.88. The Kier molecular flexibility index (Phi) is 4.73. The zero-order valence-corrected chi connectivity index (χ0v) is 8.65. The van der Waals surface area contributed by atoms with Gasteiger partial charge in [0.2, 0.25) is 0 Å². The monoisotopic (exact) mass is 235 g/mol. The van der Waals surface area contributed by atoms with Crippen LogP contribution in [0.25, 0.3) is 0 Å². The molecule has 1 aromatic carbocycles. The van der Waals surface area contributed by atoms with Gasteiger partial charge < -0.3 is 5.73 Å². The lowest BCUT2D eigenvalue weighted by atomic mass is 10.1. The van der Waals surface area contributed by atoms with Gasteiger partial charge in [-0.15, -0.1) is 12.4 Å². The van der Waals surface area contributed by atoms with Crippen LogP contribution in [0.2, 0.25) is 0 Å². The Hall–Kier alpha value is -0.0500. The van der Waals surface area contributed by atoms with Crippen LogP contribution in [0.5, 0.6) is 0 Å². The number of benzene rings is 1. The average molecular weight is 237 g/mol. The van der Waals surface area contributed by atoms with Crippen molar-refractivity contribution in [3.8, 4) is 0 Å². The summed E-state index contributed by atoms with van der Waals surface area (Å²) in [6, 6.07) is 8.16. The van der Waals surface area contributed by atoms with E-state index in [1.807, 2.05) is 31.2 Å². The highest BCUT2D eigenvalue weighted by molar-refractivity contribution is 9.10. The van der Waals surface area contributed by atoms with Gasteiger partial charge in [-0.2, -0.15) is 0 Å². The smallest absolute Gasteiger partial charge is 0.0266 e. The number of nitrogens with two attached hydrogens (primary N) is 1. The number of rotatable bonds is 1. The molecule has 0 fully saturated rings. The predicted molar refractivity (Wildman–Crippen MR) is 54.0 cm³/mol. The third-order valence-corrected chi connectivity index (χ3v) is 1.87. The van der Waals surface area contributed by atoms with Crippen LogP contribution in [0.3, 0.4) is 0 Å². The third kappa shape index (κ3) is 3.23. The maximum Gasteiger partial charge on any atom is 0.0266 e. The van der Waals surface area contributed by atoms with Crippen LogP contribution in [0, 0.1) is 0 Å². The van der Waals surface area contributed by atoms with Crippen molar-refractivity contribution in [3.05, 3.63) is 34.3 Å². The first-order valence-electron chi connectivity index (χ1n) is 3.21. The zero-order valence-electron chi connectivity index (χ0n) is 6.25. The maximum absolute atomic E-state index is 5.66. The lowest BCUT2D eigenvalue weighted by Crippen LogP contribution is -2.04. The highest BCUT2D eigenvalue weighted by Gasteiger charge is 1.97. The number of hydrogen-bond acceptors (Lipinski definition) is 1. The van der Waals surface area contributed by atoms with Gasteiger partial charge in [0.25, 0.3) is 0 Å². The van der Waals surface area contributed by atoms with E-state index in [4.69, 9.17) is 5.73 Å². The van der Waals surface area contributed by atoms with Crippen LogP contribution in [0.1, 0.15) is 18.5 Å². The van der Waals surface area contributed by atoms with Gasteiger partial charge in [-0.3, -0.25) is 0 Å². The minimum atomic E-state index is 0. The van der Waals surface area contributed by atoms with E-state index in [-0.39, 0.29) is 18.4 Å². The molecule has 0 radical (unpaired) electrons. The SMILES string of the molecule is CC(N)c1cccc(Br)c1.Cl. The van der Waals surface area contributed by atoms with Gasteiger partial charge in [-0.05, 0) is 24.6 Å². The van der Waals surface area contributed by atoms with Crippen LogP contribution in [0.4, 0.5) is 0 Å². The number of hydrogen-bond donors (Lipinski definition) is 1. The van der Waals surface area contributed by atoms with Crippen molar-refractivity contribution in [2.24, 2.45) is 5.73 Å². The summed E-state index contributed by atoms with van der Waals surface area (Å²) in [7, 11) is 0. The lowest BCUT2D eigenvalue weighted by molar-refractivity contribution is 0.817. The van der Waals surface area contributed by atoms with Gasteiger partial charge in [0.05, 0.1) is 0 Å². The molecular weight excluding hydrogens is 225 g/mol. The zero-order chi connectivity index (χ0) is 7.56. The minimum Gasteiger partial charge on any atom is -0.324 e. The fourth-order valence-corrected chi connectivity index (χ4v) is 1.21. The topological polar surface area (TPSA) is 26.0 Å². The van der Waals surface area contributed by atoms with Gasteiger partial charge in [-0.1, -0.05) is 28.1 Å². The van der Waals surface area contributed by atoms with E-state index in [1.54, 1.807) is 0 Å². The molecule has 0 saturated heterocycles. The summed E-state index contributed by atoms with van der Waals surface area (Å²) < 4.78 is 1.09. The summed E-state index contributed by atoms with van der Waals surface area (Å²) in [5.41, 5.74) is 6.82. The van der Waals surface area contributed by atoms with E-state index in [1.165, 1.54) is 0 Å². The van der Waals surface area contributed by atoms with Crippen molar-refractivity contribution >= 4 is 28.3 Å². The molecule has 0 aliphatic heterocycles. The fraction of sp³-hybridized carbons (Fsp3) is 0.250. The van der Waals surface area contributed by atoms with Gasteiger partial charge in [0, 0.05) is 10.5 Å². The Morgan fingerprint density at radius 3 is 2.45 bits per heavy atom. The molecule has 3 heteroatoms. The van der Waals surface area contributed by atoms with E-state index in [0.29, 0.717) is 0 Å². The molecular formula is C8H11BrClN. The minimum absolute atomic E-state index is 0. The summed E-state index contributed by atoms with van der Waals surface area (Å²) in [5.74, 6) is 0. The first kappa shape index (κ1) is 11.0. The molecule has 1 atom stereocenters. The summed E-state index contributed by atoms with van der Waals surface area (Å²) >= 11 is 3.37. The predicted octanol–water partition coefficient (Wildman–Crippen LogP) is 2.89. The Morgan fingerprint density at radius 1 is 1.45 bits per heavy atom. The molecule has 1 unspecified atom stereocenters. The van der Waals surface area contributed by atoms with Crippen LogP contribution in [-0.4, -0.2) is 0 Å². The summed E-state index contributed by atoms with van der Waals surface area (Å²) in [5, 5.41) is 0. The molecule has 62 valence electrons. The molecule has 2 N–H and O–H groups in total. The summed E-state index contributed by atoms with van der Waals surface area (Å²) in [6.45, 7) is 1.97. The van der Waals surface area contributed by atoms with E-state index in [2.05, 4.69) is 15.9 Å². The molecule has 0 heterocycles. The molecule has 0 aromatic heterocycles. The molecule has 1 aromatic rings. The normalized spacial score (nSPS) is 11.9. The van der Waals surface area contributed by atoms with Crippen molar-refractivity contribution in [3.63, 3.8) is 0 Å². The number of halogens is 2. The molecule has 0 aliphatic rings. The second-order valence-corrected chi connectivity index (χ2v) is 3.26. The highest BCUT2D eigenvalue weighted by Crippen LogP contribution is 2.15. The van der Waals surface area contributed by atoms with Crippen LogP contribution in [0.15, 0.2) is 28.7 Å². The van der Waals surface area contributed by atoms with E-state index in [9.17, 15) is 0 Å². The molecule has 0 spiro atoms. The Balaban J connectivity index is 0.000001000. The van der Waals surface area contributed by atoms with Crippen molar-refractivity contribution in [2.75, 3.05) is 0 Å². The van der Waals surface area contributed by atoms with Gasteiger partial charge >= 0.3 is 0 Å². The van der Waals surface area contributed by atoms with E-state index >= 15 is 0 Å². The highest BCUT2D eigenvalue weighted by atomic mass is 79.9. The molecule has 1 rings (SSSR count). The second-order valence-electron chi connectivity index (χ2n) is 2.34. The quantitative estimate of drug-likeness (QED) is 0.797. The van der Waals surface area contributed by atoms with Crippen molar-refractivity contribution in [1.82, 2.24) is 0 Å². The molecule has 1 nitrogen and oxygen atoms in total. The molecule has 11 heavy (non-hydrogen) atoms. The van der Waals surface area contributed by atoms with Crippen molar-refractivity contribution < 1.29 is 0 Å². The third-order valence-electron chi connectivity index (χ3n) is 1.37. The Labute approximate surface area is 81.5 Å². The fourth-order valence-electron chi connectivity index (χ4n) is 0.790. The first-order valence-corrected chi connectivity index (χ1v) is 4.00. The van der Waals surface area contributed by atoms with Gasteiger partial charge in [0.15, 0.2) is 0 Å². The maximum atomic E-state index is 5.66. The van der Waals surface area contributed by atoms with Gasteiger partial charge in [-0.25, -0.2) is 0 Å². The van der Waals surface area contributed by atoms with E-state index < -0.39 is 0 Å². The Morgan fingerprint density at radius 2 is 2.09 bits per heavy atom. The van der Waals surface area contributed by atoms with Crippen molar-refractivity contribution in [1.29, 1.82) is 0 Å². The Bertz CT molecular complexity index is 225. The molecule has 0 aliphatic carbocycles. The van der Waals surface area contributed by atoms with Crippen molar-refractivity contribution in [2.45, 2.75) is 13.0 Å². The van der Waals surface area contributed by atoms with Gasteiger partial charge in [0.1, 0.15) is 0 Å². The lowest BCUT2D eigenvalue weighted by Gasteiger charge is -2.04. The summed E-state index contributed by atoms with van der Waals surface area (Å²) in [6.07, 6.45) is 0. The largest absolute Gasteiger partial charge is 0.324 e. The summed E-state index contributed by atoms with van der Waals surface area (Å²) in [4.78, 5) is 0. The molecule has 0 bridgehead atoms. The van der Waals surface area contributed by atoms with E-state index in [0.717, 1.165) is 10.0 Å². The van der Waals surface area contributed by atoms with Crippen LogP contribution in [-0.2, 0) is 0 Å². The van der Waals surface area contributed by atoms with Crippen LogP contribution < -0.4 is 5.73 Å². The molecule has 0 saturated carbocycles. The van der Waals surface area contributed by atoms with Crippen LogP contribution >= 0.6 is 28.3 Å².